The van der Waals surface area contributed by atoms with E-state index in [0.717, 1.165) is 11.3 Å². The van der Waals surface area contributed by atoms with Crippen molar-refractivity contribution in [2.24, 2.45) is 0 Å². The highest BCUT2D eigenvalue weighted by Crippen LogP contribution is 2.22. The number of aryl methyl sites for hydroxylation is 1. The predicted octanol–water partition coefficient (Wildman–Crippen LogP) is 1.65. The molecule has 7 heteroatoms. The van der Waals surface area contributed by atoms with Crippen LogP contribution in [0.5, 0.6) is 0 Å². The number of amides is 2. The fraction of sp³-hybridized carbons (Fsp3) is 0.154. The molecule has 2 amide bonds. The van der Waals surface area contributed by atoms with Gasteiger partial charge in [0.2, 0.25) is 0 Å². The molecule has 0 atom stereocenters. The number of nitrogens with zero attached hydrogens (tertiary/aromatic N) is 1. The van der Waals surface area contributed by atoms with E-state index in [1.807, 2.05) is 0 Å². The van der Waals surface area contributed by atoms with Gasteiger partial charge in [-0.05, 0) is 19.1 Å². The smallest absolute Gasteiger partial charge is 0.267 e. The number of nitrogens with one attached hydrogen (secondary N) is 2. The van der Waals surface area contributed by atoms with Crippen LogP contribution in [0.15, 0.2) is 24.3 Å². The van der Waals surface area contributed by atoms with Crippen LogP contribution in [-0.2, 0) is 0 Å². The summed E-state index contributed by atoms with van der Waals surface area (Å²) < 4.78 is 0. The molecule has 104 valence electrons. The molecule has 4 N–H and O–H groups in total. The minimum absolute atomic E-state index is 0.263. The Bertz CT molecular complexity index is 666. The van der Waals surface area contributed by atoms with Gasteiger partial charge in [0.25, 0.3) is 11.8 Å². The molecular weight excluding hydrogens is 276 g/mol. The van der Waals surface area contributed by atoms with Gasteiger partial charge in [0, 0.05) is 7.05 Å². The van der Waals surface area contributed by atoms with E-state index in [-0.39, 0.29) is 11.8 Å². The summed E-state index contributed by atoms with van der Waals surface area (Å²) in [5.74, 6) is -0.588. The molecular formula is C13H14N4O2S. The predicted molar refractivity (Wildman–Crippen MR) is 79.0 cm³/mol. The zero-order valence-corrected chi connectivity index (χ0v) is 11.9. The van der Waals surface area contributed by atoms with Crippen LogP contribution in [0.25, 0.3) is 0 Å². The Hall–Kier alpha value is -2.41. The maximum atomic E-state index is 12.2. The van der Waals surface area contributed by atoms with Crippen molar-refractivity contribution in [3.63, 3.8) is 0 Å². The molecule has 0 radical (unpaired) electrons. The summed E-state index contributed by atoms with van der Waals surface area (Å²) in [6, 6.07) is 6.79. The third-order valence-corrected chi connectivity index (χ3v) is 3.65. The molecule has 2 rings (SSSR count). The lowest BCUT2D eigenvalue weighted by atomic mass is 10.1. The second kappa shape index (κ2) is 5.70. The van der Waals surface area contributed by atoms with Gasteiger partial charge in [-0.25, -0.2) is 4.98 Å². The molecule has 1 aromatic carbocycles. The Morgan fingerprint density at radius 1 is 1.25 bits per heavy atom. The van der Waals surface area contributed by atoms with Crippen molar-refractivity contribution in [3.8, 4) is 0 Å². The molecule has 0 saturated heterocycles. The maximum absolute atomic E-state index is 12.2. The number of nitrogens with two attached hydrogens (primary N) is 1. The van der Waals surface area contributed by atoms with Crippen LogP contribution < -0.4 is 16.4 Å². The summed E-state index contributed by atoms with van der Waals surface area (Å²) in [5, 5.41) is 5.58. The topological polar surface area (TPSA) is 97.1 Å². The summed E-state index contributed by atoms with van der Waals surface area (Å²) >= 11 is 1.12. The molecule has 0 aliphatic heterocycles. The van der Waals surface area contributed by atoms with Gasteiger partial charge in [0.05, 0.1) is 16.9 Å². The number of hydrogen-bond donors (Lipinski definition) is 3. The lowest BCUT2D eigenvalue weighted by molar-refractivity contribution is 0.0964. The highest BCUT2D eigenvalue weighted by atomic mass is 32.1. The minimum Gasteiger partial charge on any atom is -0.375 e. The number of nitrogen functional groups attached to an aromatic ring is 1. The van der Waals surface area contributed by atoms with Crippen LogP contribution in [-0.4, -0.2) is 23.8 Å². The van der Waals surface area contributed by atoms with Crippen LogP contribution in [0, 0.1) is 6.92 Å². The number of aromatic nitrogens is 1. The zero-order valence-electron chi connectivity index (χ0n) is 11.1. The highest BCUT2D eigenvalue weighted by molar-refractivity contribution is 7.17. The van der Waals surface area contributed by atoms with E-state index in [1.165, 1.54) is 7.05 Å². The maximum Gasteiger partial charge on any atom is 0.267 e. The number of anilines is 2. The third-order valence-electron chi connectivity index (χ3n) is 2.67. The van der Waals surface area contributed by atoms with Crippen molar-refractivity contribution >= 4 is 34.0 Å². The molecule has 2 aromatic rings. The molecule has 0 aliphatic carbocycles. The molecule has 20 heavy (non-hydrogen) atoms. The van der Waals surface area contributed by atoms with Crippen molar-refractivity contribution in [1.29, 1.82) is 0 Å². The molecule has 0 aliphatic rings. The first kappa shape index (κ1) is 14.0. The first-order chi connectivity index (χ1) is 9.52. The number of benzene rings is 1. The Labute approximate surface area is 120 Å². The molecule has 0 bridgehead atoms. The number of para-hydroxylation sites is 1. The fourth-order valence-corrected chi connectivity index (χ4v) is 2.46. The van der Waals surface area contributed by atoms with Crippen LogP contribution in [0.2, 0.25) is 0 Å². The van der Waals surface area contributed by atoms with Crippen molar-refractivity contribution < 1.29 is 9.59 Å². The van der Waals surface area contributed by atoms with Gasteiger partial charge < -0.3 is 16.4 Å². The number of rotatable bonds is 3. The summed E-state index contributed by atoms with van der Waals surface area (Å²) in [6.07, 6.45) is 0. The number of hydrogen-bond acceptors (Lipinski definition) is 5. The molecule has 6 nitrogen and oxygen atoms in total. The van der Waals surface area contributed by atoms with E-state index in [9.17, 15) is 9.59 Å². The van der Waals surface area contributed by atoms with Gasteiger partial charge in [-0.3, -0.25) is 9.59 Å². The quantitative estimate of drug-likeness (QED) is 0.800. The fourth-order valence-electron chi connectivity index (χ4n) is 1.73. The molecule has 1 aromatic heterocycles. The van der Waals surface area contributed by atoms with Gasteiger partial charge in [-0.2, -0.15) is 0 Å². The molecule has 1 heterocycles. The van der Waals surface area contributed by atoms with Crippen LogP contribution in [0.4, 0.5) is 10.8 Å². The van der Waals surface area contributed by atoms with E-state index in [2.05, 4.69) is 15.6 Å². The average molecular weight is 290 g/mol. The summed E-state index contributed by atoms with van der Waals surface area (Å²) in [7, 11) is 1.54. The summed E-state index contributed by atoms with van der Waals surface area (Å²) in [5.41, 5.74) is 6.99. The van der Waals surface area contributed by atoms with Gasteiger partial charge >= 0.3 is 0 Å². The Balaban J connectivity index is 2.29. The Kier molecular flexibility index (Phi) is 3.99. The average Bonchev–Trinajstić information content (AvgIpc) is 2.77. The lowest BCUT2D eigenvalue weighted by Gasteiger charge is -2.09. The van der Waals surface area contributed by atoms with Crippen LogP contribution in [0.3, 0.4) is 0 Å². The molecule has 0 spiro atoms. The second-order valence-electron chi connectivity index (χ2n) is 4.05. The normalized spacial score (nSPS) is 10.1. The van der Waals surface area contributed by atoms with E-state index in [4.69, 9.17) is 5.73 Å². The lowest BCUT2D eigenvalue weighted by Crippen LogP contribution is -2.21. The molecule has 0 saturated carbocycles. The van der Waals surface area contributed by atoms with Crippen molar-refractivity contribution in [2.45, 2.75) is 6.92 Å². The molecule has 0 fully saturated rings. The largest absolute Gasteiger partial charge is 0.375 e. The van der Waals surface area contributed by atoms with Gasteiger partial charge in [0.15, 0.2) is 5.13 Å². The number of carbonyl (C=O) groups is 2. The highest BCUT2D eigenvalue weighted by Gasteiger charge is 2.17. The monoisotopic (exact) mass is 290 g/mol. The summed E-state index contributed by atoms with van der Waals surface area (Å²) in [4.78, 5) is 28.4. The third kappa shape index (κ3) is 2.77. The number of carbonyl (C=O) groups excluding carboxylic acids is 2. The van der Waals surface area contributed by atoms with Crippen molar-refractivity contribution in [3.05, 3.63) is 40.4 Å². The van der Waals surface area contributed by atoms with Crippen molar-refractivity contribution in [1.82, 2.24) is 10.3 Å². The van der Waals surface area contributed by atoms with Gasteiger partial charge in [-0.15, -0.1) is 0 Å². The second-order valence-corrected chi connectivity index (χ2v) is 5.08. The zero-order chi connectivity index (χ0) is 14.7. The first-order valence-electron chi connectivity index (χ1n) is 5.88. The summed E-state index contributed by atoms with van der Waals surface area (Å²) in [6.45, 7) is 1.71. The standard InChI is InChI=1S/C13H14N4O2S/c1-7-10(20-13(14)16-7)12(19)17-9-6-4-3-5-8(9)11(18)15-2/h3-6H,1-2H3,(H2,14,16)(H,15,18)(H,17,19). The van der Waals surface area contributed by atoms with Gasteiger partial charge in [0.1, 0.15) is 4.88 Å². The minimum atomic E-state index is -0.326. The Morgan fingerprint density at radius 2 is 1.95 bits per heavy atom. The van der Waals surface area contributed by atoms with E-state index >= 15 is 0 Å². The van der Waals surface area contributed by atoms with E-state index < -0.39 is 0 Å². The molecule has 0 unspecified atom stereocenters. The van der Waals surface area contributed by atoms with Gasteiger partial charge in [-0.1, -0.05) is 23.5 Å². The van der Waals surface area contributed by atoms with Crippen LogP contribution in [0.1, 0.15) is 25.7 Å². The SMILES string of the molecule is CNC(=O)c1ccccc1NC(=O)c1sc(N)nc1C. The van der Waals surface area contributed by atoms with E-state index in [0.29, 0.717) is 27.0 Å². The van der Waals surface area contributed by atoms with Crippen LogP contribution >= 0.6 is 11.3 Å². The van der Waals surface area contributed by atoms with Crippen molar-refractivity contribution in [2.75, 3.05) is 18.1 Å². The van der Waals surface area contributed by atoms with E-state index in [1.54, 1.807) is 31.2 Å². The first-order valence-corrected chi connectivity index (χ1v) is 6.70. The number of thiazole rings is 1. The Morgan fingerprint density at radius 3 is 2.55 bits per heavy atom.